The minimum Gasteiger partial charge on any atom is -0.491 e. The van der Waals surface area contributed by atoms with Gasteiger partial charge in [0.1, 0.15) is 18.5 Å². The van der Waals surface area contributed by atoms with Gasteiger partial charge in [-0.05, 0) is 78.3 Å². The van der Waals surface area contributed by atoms with Crippen molar-refractivity contribution in [3.8, 4) is 5.75 Å². The Morgan fingerprint density at radius 3 is 2.28 bits per heavy atom. The van der Waals surface area contributed by atoms with Crippen LogP contribution in [-0.2, 0) is 31.8 Å². The van der Waals surface area contributed by atoms with Crippen LogP contribution >= 0.6 is 0 Å². The molecule has 0 fully saturated rings. The van der Waals surface area contributed by atoms with Crippen molar-refractivity contribution in [2.75, 3.05) is 26.4 Å². The summed E-state index contributed by atoms with van der Waals surface area (Å²) in [5, 5.41) is 0. The predicted octanol–water partition coefficient (Wildman–Crippen LogP) is 7.77. The lowest BCUT2D eigenvalue weighted by atomic mass is 9.92. The number of fused-ring (bicyclic) bond motifs is 2. The van der Waals surface area contributed by atoms with Crippen molar-refractivity contribution in [3.63, 3.8) is 0 Å². The Bertz CT molecular complexity index is 1520. The molecule has 5 rings (SSSR count). The molecule has 0 amide bonds. The van der Waals surface area contributed by atoms with E-state index < -0.39 is 6.10 Å². The van der Waals surface area contributed by atoms with E-state index >= 15 is 0 Å². The molecule has 4 aromatic rings. The topological polar surface area (TPSA) is 54.0 Å². The summed E-state index contributed by atoms with van der Waals surface area (Å²) in [6.07, 6.45) is 4.89. The summed E-state index contributed by atoms with van der Waals surface area (Å²) in [6, 6.07) is 31.6. The fourth-order valence-corrected chi connectivity index (χ4v) is 5.46. The summed E-state index contributed by atoms with van der Waals surface area (Å²) in [6.45, 7) is 7.41. The zero-order chi connectivity index (χ0) is 30.0. The van der Waals surface area contributed by atoms with Gasteiger partial charge in [-0.25, -0.2) is 4.79 Å². The molecule has 5 heteroatoms. The van der Waals surface area contributed by atoms with Crippen LogP contribution in [0.5, 0.6) is 5.75 Å². The van der Waals surface area contributed by atoms with Crippen molar-refractivity contribution < 1.29 is 23.7 Å². The van der Waals surface area contributed by atoms with Gasteiger partial charge >= 0.3 is 5.97 Å². The lowest BCUT2D eigenvalue weighted by molar-refractivity contribution is -0.156. The fraction of sp³-hybridized carbons (Fsp3) is 0.289. The Hall–Kier alpha value is -4.19. The zero-order valence-electron chi connectivity index (χ0n) is 25.3. The number of aryl methyl sites for hydroxylation is 1. The number of benzene rings is 4. The quantitative estimate of drug-likeness (QED) is 0.120. The first-order valence-corrected chi connectivity index (χ1v) is 15.1. The second kappa shape index (κ2) is 14.8. The normalized spacial score (nSPS) is 14.3. The summed E-state index contributed by atoms with van der Waals surface area (Å²) >= 11 is 0. The Morgan fingerprint density at radius 1 is 0.744 bits per heavy atom. The van der Waals surface area contributed by atoms with Gasteiger partial charge in [-0.2, -0.15) is 0 Å². The van der Waals surface area contributed by atoms with E-state index in [1.54, 1.807) is 6.92 Å². The van der Waals surface area contributed by atoms with Gasteiger partial charge in [-0.15, -0.1) is 0 Å². The van der Waals surface area contributed by atoms with E-state index in [1.807, 2.05) is 31.2 Å². The highest BCUT2D eigenvalue weighted by atomic mass is 16.6. The highest BCUT2D eigenvalue weighted by Crippen LogP contribution is 2.36. The van der Waals surface area contributed by atoms with Crippen LogP contribution in [0.1, 0.15) is 64.5 Å². The zero-order valence-corrected chi connectivity index (χ0v) is 25.3. The second-order valence-electron chi connectivity index (χ2n) is 10.7. The van der Waals surface area contributed by atoms with Gasteiger partial charge in [0.15, 0.2) is 6.10 Å². The molecule has 0 saturated heterocycles. The van der Waals surface area contributed by atoms with E-state index in [4.69, 9.17) is 18.9 Å². The van der Waals surface area contributed by atoms with Crippen molar-refractivity contribution in [1.29, 1.82) is 0 Å². The van der Waals surface area contributed by atoms with E-state index in [1.165, 1.54) is 33.4 Å². The van der Waals surface area contributed by atoms with Crippen molar-refractivity contribution in [2.24, 2.45) is 0 Å². The highest BCUT2D eigenvalue weighted by Gasteiger charge is 2.23. The molecule has 0 saturated carbocycles. The molecule has 2 unspecified atom stereocenters. The first kappa shape index (κ1) is 30.3. The number of rotatable bonds is 13. The third-order valence-corrected chi connectivity index (χ3v) is 7.55. The van der Waals surface area contributed by atoms with Crippen LogP contribution < -0.4 is 4.74 Å². The van der Waals surface area contributed by atoms with Crippen LogP contribution in [0.15, 0.2) is 91.0 Å². The Balaban J connectivity index is 1.26. The van der Waals surface area contributed by atoms with Gasteiger partial charge in [0.25, 0.3) is 0 Å². The highest BCUT2D eigenvalue weighted by molar-refractivity contribution is 5.77. The standard InChI is InChI=1S/C38H40O5/c1-4-40-36(38(39)41-5-2)26-29-13-18-33(19-14-29)42-21-22-43-37-34-20-11-27(3)23-32(34)17-16-31-15-12-30(25-35(31)37)24-28-9-7-6-8-10-28/h6-20,23,25,36-37H,4-5,21-22,24,26H2,1-3H3. The van der Waals surface area contributed by atoms with Crippen molar-refractivity contribution >= 4 is 18.1 Å². The van der Waals surface area contributed by atoms with Gasteiger partial charge in [0.2, 0.25) is 0 Å². The lowest BCUT2D eigenvalue weighted by Crippen LogP contribution is -2.28. The molecule has 0 N–H and O–H groups in total. The summed E-state index contributed by atoms with van der Waals surface area (Å²) in [7, 11) is 0. The Labute approximate surface area is 255 Å². The third-order valence-electron chi connectivity index (χ3n) is 7.55. The minimum atomic E-state index is -0.609. The van der Waals surface area contributed by atoms with E-state index in [9.17, 15) is 4.79 Å². The Kier molecular flexibility index (Phi) is 10.4. The van der Waals surface area contributed by atoms with Crippen LogP contribution in [0.25, 0.3) is 12.2 Å². The summed E-state index contributed by atoms with van der Waals surface area (Å²) in [4.78, 5) is 12.2. The van der Waals surface area contributed by atoms with Crippen LogP contribution in [-0.4, -0.2) is 38.5 Å². The number of carbonyl (C=O) groups is 1. The molecule has 0 spiro atoms. The predicted molar refractivity (Wildman–Crippen MR) is 171 cm³/mol. The molecule has 0 aromatic heterocycles. The molecule has 0 aliphatic heterocycles. The largest absolute Gasteiger partial charge is 0.491 e. The van der Waals surface area contributed by atoms with Crippen molar-refractivity contribution in [1.82, 2.24) is 0 Å². The number of carbonyl (C=O) groups excluding carboxylic acids is 1. The van der Waals surface area contributed by atoms with E-state index in [-0.39, 0.29) is 12.1 Å². The molecule has 0 heterocycles. The smallest absolute Gasteiger partial charge is 0.335 e. The van der Waals surface area contributed by atoms with E-state index in [2.05, 4.69) is 85.8 Å². The molecule has 222 valence electrons. The average Bonchev–Trinajstić information content (AvgIpc) is 3.16. The summed E-state index contributed by atoms with van der Waals surface area (Å²) in [5.74, 6) is 0.418. The van der Waals surface area contributed by atoms with Crippen LogP contribution in [0.4, 0.5) is 0 Å². The molecule has 1 aliphatic rings. The number of ether oxygens (including phenoxy) is 4. The first-order chi connectivity index (χ1) is 21.0. The van der Waals surface area contributed by atoms with E-state index in [0.29, 0.717) is 32.8 Å². The maximum Gasteiger partial charge on any atom is 0.335 e. The van der Waals surface area contributed by atoms with Crippen LogP contribution in [0.3, 0.4) is 0 Å². The van der Waals surface area contributed by atoms with Crippen molar-refractivity contribution in [2.45, 2.75) is 45.8 Å². The fourth-order valence-electron chi connectivity index (χ4n) is 5.46. The van der Waals surface area contributed by atoms with Crippen LogP contribution in [0.2, 0.25) is 0 Å². The average molecular weight is 577 g/mol. The first-order valence-electron chi connectivity index (χ1n) is 15.1. The molecule has 4 aromatic carbocycles. The minimum absolute atomic E-state index is 0.208. The van der Waals surface area contributed by atoms with Crippen molar-refractivity contribution in [3.05, 3.63) is 136 Å². The molecule has 43 heavy (non-hydrogen) atoms. The summed E-state index contributed by atoms with van der Waals surface area (Å²) in [5.41, 5.74) is 9.42. The lowest BCUT2D eigenvalue weighted by Gasteiger charge is -2.22. The van der Waals surface area contributed by atoms with Gasteiger partial charge in [-0.1, -0.05) is 96.6 Å². The maximum absolute atomic E-state index is 12.2. The molecule has 2 atom stereocenters. The monoisotopic (exact) mass is 576 g/mol. The molecule has 1 aliphatic carbocycles. The molecule has 0 bridgehead atoms. The molecule has 0 radical (unpaired) electrons. The SMILES string of the molecule is CCOC(=O)C(Cc1ccc(OCCOC2c3ccc(C)cc3C=Cc3ccc(Cc4ccccc4)cc32)cc1)OCC. The third kappa shape index (κ3) is 8.01. The van der Waals surface area contributed by atoms with E-state index in [0.717, 1.165) is 23.3 Å². The van der Waals surface area contributed by atoms with Gasteiger partial charge in [0, 0.05) is 13.0 Å². The second-order valence-corrected chi connectivity index (χ2v) is 10.7. The summed E-state index contributed by atoms with van der Waals surface area (Å²) < 4.78 is 23.4. The molecular formula is C38H40O5. The number of esters is 1. The number of hydrogen-bond donors (Lipinski definition) is 0. The maximum atomic E-state index is 12.2. The Morgan fingerprint density at radius 2 is 1.51 bits per heavy atom. The molecule has 5 nitrogen and oxygen atoms in total. The van der Waals surface area contributed by atoms with Gasteiger partial charge in [0.05, 0.1) is 13.2 Å². The van der Waals surface area contributed by atoms with Gasteiger partial charge < -0.3 is 18.9 Å². The molecular weight excluding hydrogens is 536 g/mol. The van der Waals surface area contributed by atoms with Gasteiger partial charge in [-0.3, -0.25) is 0 Å². The van der Waals surface area contributed by atoms with Crippen LogP contribution in [0, 0.1) is 6.92 Å². The number of hydrogen-bond acceptors (Lipinski definition) is 5.